The Morgan fingerprint density at radius 1 is 1.21 bits per heavy atom. The molecule has 0 bridgehead atoms. The molecule has 152 valence electrons. The molecule has 0 aliphatic heterocycles. The van der Waals surface area contributed by atoms with Crippen molar-refractivity contribution in [2.45, 2.75) is 32.8 Å². The molecule has 1 unspecified atom stereocenters. The lowest BCUT2D eigenvalue weighted by Crippen LogP contribution is -2.30. The average molecular weight is 416 g/mol. The summed E-state index contributed by atoms with van der Waals surface area (Å²) >= 11 is 6.00. The molecule has 0 fully saturated rings. The van der Waals surface area contributed by atoms with Crippen LogP contribution in [0.4, 0.5) is 5.69 Å². The van der Waals surface area contributed by atoms with E-state index in [0.29, 0.717) is 27.8 Å². The quantitative estimate of drug-likeness (QED) is 0.560. The number of amides is 1. The molecule has 29 heavy (non-hydrogen) atoms. The lowest BCUT2D eigenvalue weighted by Gasteiger charge is -2.16. The number of benzene rings is 2. The van der Waals surface area contributed by atoms with Crippen molar-refractivity contribution in [1.29, 1.82) is 0 Å². The van der Waals surface area contributed by atoms with Crippen molar-refractivity contribution in [3.05, 3.63) is 63.5 Å². The highest BCUT2D eigenvalue weighted by Crippen LogP contribution is 2.28. The van der Waals surface area contributed by atoms with E-state index < -0.39 is 11.7 Å². The van der Waals surface area contributed by atoms with Gasteiger partial charge in [-0.1, -0.05) is 24.9 Å². The molecule has 0 saturated heterocycles. The maximum atomic E-state index is 12.5. The van der Waals surface area contributed by atoms with Gasteiger partial charge in [0.15, 0.2) is 6.10 Å². The lowest BCUT2D eigenvalue weighted by molar-refractivity contribution is -0.122. The van der Waals surface area contributed by atoms with Crippen molar-refractivity contribution >= 4 is 34.2 Å². The zero-order chi connectivity index (χ0) is 21.0. The summed E-state index contributed by atoms with van der Waals surface area (Å²) in [5, 5.41) is 4.08. The summed E-state index contributed by atoms with van der Waals surface area (Å²) in [4.78, 5) is 24.4. The van der Waals surface area contributed by atoms with Crippen LogP contribution in [0.2, 0.25) is 5.02 Å². The summed E-state index contributed by atoms with van der Waals surface area (Å²) in [5.41, 5.74) is 1.41. The van der Waals surface area contributed by atoms with Gasteiger partial charge in [0.2, 0.25) is 0 Å². The van der Waals surface area contributed by atoms with E-state index >= 15 is 0 Å². The molecule has 0 radical (unpaired) electrons. The Balaban J connectivity index is 1.79. The number of aryl methyl sites for hydroxylation is 1. The molecule has 3 aromatic rings. The third kappa shape index (κ3) is 4.90. The van der Waals surface area contributed by atoms with Gasteiger partial charge in [0.1, 0.15) is 17.1 Å². The fraction of sp³-hybridized carbons (Fsp3) is 0.273. The Kier molecular flexibility index (Phi) is 6.44. The van der Waals surface area contributed by atoms with Crippen molar-refractivity contribution in [3.63, 3.8) is 0 Å². The standard InChI is InChI=1S/C22H22ClNO5/c1-4-5-14-10-21(25)29-20-12-16(7-8-17(14)20)28-13(2)22(26)24-18-11-15(23)6-9-19(18)27-3/h6-13H,4-5H2,1-3H3,(H,24,26). The van der Waals surface area contributed by atoms with Crippen LogP contribution in [0.25, 0.3) is 11.0 Å². The van der Waals surface area contributed by atoms with E-state index in [4.69, 9.17) is 25.5 Å². The van der Waals surface area contributed by atoms with Crippen molar-refractivity contribution < 1.29 is 18.7 Å². The van der Waals surface area contributed by atoms with Crippen LogP contribution < -0.4 is 20.4 Å². The summed E-state index contributed by atoms with van der Waals surface area (Å²) < 4.78 is 16.3. The van der Waals surface area contributed by atoms with Crippen molar-refractivity contribution in [1.82, 2.24) is 0 Å². The number of halogens is 1. The van der Waals surface area contributed by atoms with E-state index in [1.165, 1.54) is 13.2 Å². The second-order valence-corrected chi connectivity index (χ2v) is 7.03. The van der Waals surface area contributed by atoms with Crippen LogP contribution in [0.5, 0.6) is 11.5 Å². The predicted octanol–water partition coefficient (Wildman–Crippen LogP) is 4.81. The Labute approximate surface area is 173 Å². The molecule has 1 amide bonds. The molecular formula is C22H22ClNO5. The van der Waals surface area contributed by atoms with E-state index in [1.807, 2.05) is 13.0 Å². The van der Waals surface area contributed by atoms with Crippen molar-refractivity contribution in [3.8, 4) is 11.5 Å². The van der Waals surface area contributed by atoms with Gasteiger partial charge < -0.3 is 19.2 Å². The topological polar surface area (TPSA) is 77.8 Å². The molecule has 1 heterocycles. The Hall–Kier alpha value is -2.99. The van der Waals surface area contributed by atoms with Crippen LogP contribution in [0.15, 0.2) is 51.7 Å². The number of rotatable bonds is 7. The average Bonchev–Trinajstić information content (AvgIpc) is 2.68. The smallest absolute Gasteiger partial charge is 0.336 e. The number of hydrogen-bond donors (Lipinski definition) is 1. The summed E-state index contributed by atoms with van der Waals surface area (Å²) in [7, 11) is 1.51. The molecule has 7 heteroatoms. The number of methoxy groups -OCH3 is 1. The minimum atomic E-state index is -0.804. The van der Waals surface area contributed by atoms with Crippen LogP contribution in [-0.2, 0) is 11.2 Å². The van der Waals surface area contributed by atoms with Gasteiger partial charge in [0.05, 0.1) is 12.8 Å². The molecule has 1 aromatic heterocycles. The molecular weight excluding hydrogens is 394 g/mol. The third-order valence-corrected chi connectivity index (χ3v) is 4.66. The van der Waals surface area contributed by atoms with E-state index in [9.17, 15) is 9.59 Å². The molecule has 2 aromatic carbocycles. The van der Waals surface area contributed by atoms with E-state index in [-0.39, 0.29) is 5.91 Å². The fourth-order valence-corrected chi connectivity index (χ4v) is 3.20. The van der Waals surface area contributed by atoms with Crippen molar-refractivity contribution in [2.75, 3.05) is 12.4 Å². The number of anilines is 1. The van der Waals surface area contributed by atoms with Crippen LogP contribution in [0.3, 0.4) is 0 Å². The first kappa shape index (κ1) is 20.7. The van der Waals surface area contributed by atoms with Gasteiger partial charge in [-0.3, -0.25) is 4.79 Å². The van der Waals surface area contributed by atoms with E-state index in [2.05, 4.69) is 5.32 Å². The SMILES string of the molecule is CCCc1cc(=O)oc2cc(OC(C)C(=O)Nc3cc(Cl)ccc3OC)ccc12. The molecule has 0 spiro atoms. The Morgan fingerprint density at radius 2 is 2.00 bits per heavy atom. The first-order chi connectivity index (χ1) is 13.9. The molecule has 1 N–H and O–H groups in total. The number of carbonyl (C=O) groups excluding carboxylic acids is 1. The van der Waals surface area contributed by atoms with Crippen LogP contribution >= 0.6 is 11.6 Å². The normalized spacial score (nSPS) is 11.9. The molecule has 0 aliphatic carbocycles. The van der Waals surface area contributed by atoms with Gasteiger partial charge in [-0.15, -0.1) is 0 Å². The van der Waals surface area contributed by atoms with Crippen LogP contribution in [0, 0.1) is 0 Å². The molecule has 0 aliphatic rings. The van der Waals surface area contributed by atoms with Gasteiger partial charge in [-0.25, -0.2) is 4.79 Å². The first-order valence-electron chi connectivity index (χ1n) is 9.29. The lowest BCUT2D eigenvalue weighted by atomic mass is 10.1. The van der Waals surface area contributed by atoms with Gasteiger partial charge >= 0.3 is 5.63 Å². The largest absolute Gasteiger partial charge is 0.495 e. The summed E-state index contributed by atoms with van der Waals surface area (Å²) in [5.74, 6) is 0.549. The van der Waals surface area contributed by atoms with Crippen LogP contribution in [0.1, 0.15) is 25.8 Å². The monoisotopic (exact) mass is 415 g/mol. The highest BCUT2D eigenvalue weighted by molar-refractivity contribution is 6.31. The molecule has 1 atom stereocenters. The van der Waals surface area contributed by atoms with Crippen molar-refractivity contribution in [2.24, 2.45) is 0 Å². The zero-order valence-corrected chi connectivity index (χ0v) is 17.2. The minimum absolute atomic E-state index is 0.369. The third-order valence-electron chi connectivity index (χ3n) is 4.42. The second kappa shape index (κ2) is 9.01. The Morgan fingerprint density at radius 3 is 2.72 bits per heavy atom. The predicted molar refractivity (Wildman–Crippen MR) is 113 cm³/mol. The molecule has 6 nitrogen and oxygen atoms in total. The highest BCUT2D eigenvalue weighted by Gasteiger charge is 2.18. The van der Waals surface area contributed by atoms with Gasteiger partial charge in [-0.05, 0) is 49.2 Å². The number of fused-ring (bicyclic) bond motifs is 1. The number of carbonyl (C=O) groups is 1. The number of nitrogens with one attached hydrogen (secondary N) is 1. The fourth-order valence-electron chi connectivity index (χ4n) is 3.03. The summed E-state index contributed by atoms with van der Waals surface area (Å²) in [6.45, 7) is 3.67. The van der Waals surface area contributed by atoms with Crippen LogP contribution in [-0.4, -0.2) is 19.1 Å². The number of ether oxygens (including phenoxy) is 2. The Bertz CT molecular complexity index is 1090. The zero-order valence-electron chi connectivity index (χ0n) is 16.5. The summed E-state index contributed by atoms with van der Waals surface area (Å²) in [6.07, 6.45) is 0.894. The van der Waals surface area contributed by atoms with E-state index in [0.717, 1.165) is 23.8 Å². The number of hydrogen-bond acceptors (Lipinski definition) is 5. The van der Waals surface area contributed by atoms with Gasteiger partial charge in [0, 0.05) is 22.5 Å². The second-order valence-electron chi connectivity index (χ2n) is 6.59. The molecule has 3 rings (SSSR count). The molecule has 0 saturated carbocycles. The maximum absolute atomic E-state index is 12.5. The highest BCUT2D eigenvalue weighted by atomic mass is 35.5. The van der Waals surface area contributed by atoms with Gasteiger partial charge in [-0.2, -0.15) is 0 Å². The first-order valence-corrected chi connectivity index (χ1v) is 9.67. The minimum Gasteiger partial charge on any atom is -0.495 e. The summed E-state index contributed by atoms with van der Waals surface area (Å²) in [6, 6.07) is 11.7. The maximum Gasteiger partial charge on any atom is 0.336 e. The van der Waals surface area contributed by atoms with E-state index in [1.54, 1.807) is 37.3 Å². The van der Waals surface area contributed by atoms with Gasteiger partial charge in [0.25, 0.3) is 5.91 Å².